The van der Waals surface area contributed by atoms with Gasteiger partial charge in [-0.2, -0.15) is 0 Å². The van der Waals surface area contributed by atoms with Crippen LogP contribution in [-0.4, -0.2) is 55.6 Å². The van der Waals surface area contributed by atoms with Crippen molar-refractivity contribution in [2.24, 2.45) is 0 Å². The van der Waals surface area contributed by atoms with Crippen LogP contribution in [0.15, 0.2) is 30.5 Å². The first-order valence-electron chi connectivity index (χ1n) is 7.48. The van der Waals surface area contributed by atoms with Gasteiger partial charge in [0.15, 0.2) is 0 Å². The molecule has 7 nitrogen and oxygen atoms in total. The van der Waals surface area contributed by atoms with Gasteiger partial charge in [0.25, 0.3) is 0 Å². The van der Waals surface area contributed by atoms with Crippen molar-refractivity contribution in [3.63, 3.8) is 0 Å². The summed E-state index contributed by atoms with van der Waals surface area (Å²) in [5.74, 6) is -0.264. The molecular weight excluding hydrogens is 294 g/mol. The van der Waals surface area contributed by atoms with Crippen LogP contribution in [0.2, 0.25) is 0 Å². The molecule has 1 heterocycles. The molecule has 0 fully saturated rings. The maximum absolute atomic E-state index is 11.8. The number of nitrogens with zero attached hydrogens (tertiary/aromatic N) is 2. The lowest BCUT2D eigenvalue weighted by Crippen LogP contribution is -2.38. The van der Waals surface area contributed by atoms with Gasteiger partial charge in [0, 0.05) is 32.0 Å². The van der Waals surface area contributed by atoms with E-state index in [1.54, 1.807) is 0 Å². The highest BCUT2D eigenvalue weighted by molar-refractivity contribution is 5.96. The number of carbonyl (C=O) groups excluding carboxylic acids is 2. The lowest BCUT2D eigenvalue weighted by atomic mass is 10.2. The molecule has 1 aromatic carbocycles. The average Bonchev–Trinajstić information content (AvgIpc) is 2.93. The number of aromatic nitrogens is 1. The van der Waals surface area contributed by atoms with Crippen LogP contribution in [0.4, 0.5) is 10.5 Å². The van der Waals surface area contributed by atoms with Crippen molar-refractivity contribution in [2.75, 3.05) is 39.5 Å². The minimum absolute atomic E-state index is 0.0701. The highest BCUT2D eigenvalue weighted by Crippen LogP contribution is 2.20. The summed E-state index contributed by atoms with van der Waals surface area (Å²) in [5.41, 5.74) is 1.79. The molecule has 7 heteroatoms. The zero-order valence-electron chi connectivity index (χ0n) is 13.7. The smallest absolute Gasteiger partial charge is 0.314 e. The molecule has 2 rings (SSSR count). The number of urea groups is 1. The number of likely N-dealkylation sites (N-methyl/N-ethyl adjacent to an activating group) is 1. The molecule has 0 aliphatic rings. The van der Waals surface area contributed by atoms with Crippen molar-refractivity contribution in [3.05, 3.63) is 30.5 Å². The van der Waals surface area contributed by atoms with Gasteiger partial charge in [-0.3, -0.25) is 4.79 Å². The Morgan fingerprint density at radius 1 is 1.22 bits per heavy atom. The fourth-order valence-electron chi connectivity index (χ4n) is 2.22. The second-order valence-corrected chi connectivity index (χ2v) is 5.57. The third-order valence-corrected chi connectivity index (χ3v) is 3.48. The Balaban J connectivity index is 2.05. The molecule has 0 bridgehead atoms. The number of benzene rings is 1. The Bertz CT molecular complexity index is 693. The maximum Gasteiger partial charge on any atom is 0.314 e. The molecule has 0 saturated carbocycles. The fraction of sp³-hybridized carbons (Fsp3) is 0.375. The number of hydrogen-bond acceptors (Lipinski definition) is 3. The number of anilines is 1. The highest BCUT2D eigenvalue weighted by atomic mass is 16.2. The second-order valence-electron chi connectivity index (χ2n) is 5.57. The van der Waals surface area contributed by atoms with Gasteiger partial charge in [-0.15, -0.1) is 0 Å². The zero-order chi connectivity index (χ0) is 16.8. The van der Waals surface area contributed by atoms with E-state index in [4.69, 9.17) is 0 Å². The average molecular weight is 317 g/mol. The van der Waals surface area contributed by atoms with Crippen molar-refractivity contribution >= 4 is 28.5 Å². The van der Waals surface area contributed by atoms with Crippen molar-refractivity contribution < 1.29 is 9.59 Å². The standard InChI is InChI=1S/C16H23N5O2/c1-17-16(23)18-11-15(22)19-13-5-4-12-6-7-21(14(12)10-13)9-8-20(2)3/h4-7,10H,8-9,11H2,1-3H3,(H,19,22)(H2,17,18,23). The van der Waals surface area contributed by atoms with Crippen molar-refractivity contribution in [1.82, 2.24) is 20.1 Å². The van der Waals surface area contributed by atoms with Gasteiger partial charge in [-0.25, -0.2) is 4.79 Å². The molecule has 124 valence electrons. The molecule has 23 heavy (non-hydrogen) atoms. The monoisotopic (exact) mass is 317 g/mol. The van der Waals surface area contributed by atoms with E-state index in [2.05, 4.69) is 31.5 Å². The fourth-order valence-corrected chi connectivity index (χ4v) is 2.22. The molecule has 3 amide bonds. The predicted molar refractivity (Wildman–Crippen MR) is 91.6 cm³/mol. The van der Waals surface area contributed by atoms with Crippen LogP contribution in [0.1, 0.15) is 0 Å². The van der Waals surface area contributed by atoms with Crippen molar-refractivity contribution in [1.29, 1.82) is 0 Å². The number of nitrogens with one attached hydrogen (secondary N) is 3. The van der Waals surface area contributed by atoms with Crippen LogP contribution in [0.25, 0.3) is 10.9 Å². The number of carbonyl (C=O) groups is 2. The first kappa shape index (κ1) is 16.8. The molecule has 2 aromatic rings. The maximum atomic E-state index is 11.8. The van der Waals surface area contributed by atoms with Crippen LogP contribution in [-0.2, 0) is 11.3 Å². The lowest BCUT2D eigenvalue weighted by molar-refractivity contribution is -0.115. The van der Waals surface area contributed by atoms with E-state index < -0.39 is 0 Å². The summed E-state index contributed by atoms with van der Waals surface area (Å²) in [5, 5.41) is 8.77. The Labute approximate surface area is 135 Å². The van der Waals surface area contributed by atoms with E-state index in [1.807, 2.05) is 38.5 Å². The van der Waals surface area contributed by atoms with Crippen LogP contribution in [0.3, 0.4) is 0 Å². The van der Waals surface area contributed by atoms with E-state index in [1.165, 1.54) is 7.05 Å². The molecular formula is C16H23N5O2. The molecule has 0 radical (unpaired) electrons. The van der Waals surface area contributed by atoms with E-state index in [-0.39, 0.29) is 18.5 Å². The van der Waals surface area contributed by atoms with Crippen LogP contribution < -0.4 is 16.0 Å². The molecule has 0 spiro atoms. The van der Waals surface area contributed by atoms with Crippen molar-refractivity contribution in [3.8, 4) is 0 Å². The summed E-state index contributed by atoms with van der Waals surface area (Å²) >= 11 is 0. The van der Waals surface area contributed by atoms with Crippen molar-refractivity contribution in [2.45, 2.75) is 6.54 Å². The van der Waals surface area contributed by atoms with Gasteiger partial charge in [-0.1, -0.05) is 6.07 Å². The second kappa shape index (κ2) is 7.64. The van der Waals surface area contributed by atoms with Gasteiger partial charge in [0.1, 0.15) is 0 Å². The molecule has 0 aliphatic heterocycles. The molecule has 0 atom stereocenters. The van der Waals surface area contributed by atoms with Gasteiger partial charge in [0.05, 0.1) is 12.1 Å². The first-order chi connectivity index (χ1) is 11.0. The van der Waals surface area contributed by atoms with Crippen LogP contribution in [0.5, 0.6) is 0 Å². The van der Waals surface area contributed by atoms with Gasteiger partial charge < -0.3 is 25.4 Å². The van der Waals surface area contributed by atoms with E-state index in [9.17, 15) is 9.59 Å². The minimum Gasteiger partial charge on any atom is -0.346 e. The number of amides is 3. The predicted octanol–water partition coefficient (Wildman–Crippen LogP) is 1.07. The van der Waals surface area contributed by atoms with Gasteiger partial charge in [-0.05, 0) is 37.7 Å². The molecule has 0 aliphatic carbocycles. The third-order valence-electron chi connectivity index (χ3n) is 3.48. The lowest BCUT2D eigenvalue weighted by Gasteiger charge is -2.12. The van der Waals surface area contributed by atoms with Gasteiger partial charge >= 0.3 is 6.03 Å². The summed E-state index contributed by atoms with van der Waals surface area (Å²) in [6, 6.07) is 7.46. The summed E-state index contributed by atoms with van der Waals surface area (Å²) < 4.78 is 2.16. The summed E-state index contributed by atoms with van der Waals surface area (Å²) in [7, 11) is 5.58. The summed E-state index contributed by atoms with van der Waals surface area (Å²) in [6.45, 7) is 1.75. The number of hydrogen-bond donors (Lipinski definition) is 3. The van der Waals surface area contributed by atoms with E-state index in [0.717, 1.165) is 24.0 Å². The largest absolute Gasteiger partial charge is 0.346 e. The third kappa shape index (κ3) is 4.72. The van der Waals surface area contributed by atoms with Crippen LogP contribution >= 0.6 is 0 Å². The van der Waals surface area contributed by atoms with Gasteiger partial charge in [0.2, 0.25) is 5.91 Å². The topological polar surface area (TPSA) is 78.4 Å². The van der Waals surface area contributed by atoms with Crippen LogP contribution in [0, 0.1) is 0 Å². The molecule has 3 N–H and O–H groups in total. The molecule has 1 aromatic heterocycles. The normalized spacial score (nSPS) is 10.8. The Hall–Kier alpha value is -2.54. The number of rotatable bonds is 6. The SMILES string of the molecule is CNC(=O)NCC(=O)Nc1ccc2ccn(CCN(C)C)c2c1. The quantitative estimate of drug-likeness (QED) is 0.746. The highest BCUT2D eigenvalue weighted by Gasteiger charge is 2.07. The first-order valence-corrected chi connectivity index (χ1v) is 7.48. The molecule has 0 saturated heterocycles. The molecule has 0 unspecified atom stereocenters. The zero-order valence-corrected chi connectivity index (χ0v) is 13.7. The minimum atomic E-state index is -0.381. The van der Waals surface area contributed by atoms with E-state index >= 15 is 0 Å². The summed E-state index contributed by atoms with van der Waals surface area (Å²) in [6.07, 6.45) is 2.05. The number of fused-ring (bicyclic) bond motifs is 1. The Kier molecular flexibility index (Phi) is 5.59. The Morgan fingerprint density at radius 2 is 2.00 bits per heavy atom. The summed E-state index contributed by atoms with van der Waals surface area (Å²) in [4.78, 5) is 25.0. The van der Waals surface area contributed by atoms with E-state index in [0.29, 0.717) is 5.69 Å². The Morgan fingerprint density at radius 3 is 2.70 bits per heavy atom.